The highest BCUT2D eigenvalue weighted by Crippen LogP contribution is 2.23. The first kappa shape index (κ1) is 13.2. The Hall–Kier alpha value is -1.20. The molecular weight excluding hydrogens is 360 g/mol. The molecule has 2 aromatic rings. The lowest BCUT2D eigenvalue weighted by Crippen LogP contribution is -2.13. The molecule has 92 valence electrons. The van der Waals surface area contributed by atoms with Gasteiger partial charge in [0, 0.05) is 15.1 Å². The molecule has 3 nitrogen and oxygen atoms in total. The second-order valence-electron chi connectivity index (χ2n) is 3.80. The second kappa shape index (κ2) is 5.63. The van der Waals surface area contributed by atoms with Gasteiger partial charge in [-0.25, -0.2) is 4.98 Å². The molecule has 0 unspecified atom stereocenters. The summed E-state index contributed by atoms with van der Waals surface area (Å²) in [5, 5.41) is 2.82. The number of hydrogen-bond donors (Lipinski definition) is 1. The van der Waals surface area contributed by atoms with E-state index in [-0.39, 0.29) is 5.91 Å². The first-order valence-corrected chi connectivity index (χ1v) is 6.84. The highest BCUT2D eigenvalue weighted by molar-refractivity contribution is 9.10. The number of carbonyl (C=O) groups excluding carboxylic acids is 1. The van der Waals surface area contributed by atoms with Crippen LogP contribution in [0, 0.1) is 6.92 Å². The SMILES string of the molecule is Cc1ccc(Br)c(NC(=O)c2ccc(Br)cn2)c1. The van der Waals surface area contributed by atoms with Crippen LogP contribution in [0.15, 0.2) is 45.5 Å². The van der Waals surface area contributed by atoms with E-state index >= 15 is 0 Å². The number of aromatic nitrogens is 1. The third-order valence-corrected chi connectivity index (χ3v) is 3.49. The number of aryl methyl sites for hydroxylation is 1. The van der Waals surface area contributed by atoms with Gasteiger partial charge in [0.1, 0.15) is 5.69 Å². The fourth-order valence-corrected chi connectivity index (χ4v) is 2.01. The van der Waals surface area contributed by atoms with E-state index in [1.807, 2.05) is 25.1 Å². The lowest BCUT2D eigenvalue weighted by molar-refractivity contribution is 0.102. The number of benzene rings is 1. The predicted octanol–water partition coefficient (Wildman–Crippen LogP) is 4.17. The smallest absolute Gasteiger partial charge is 0.274 e. The van der Waals surface area contributed by atoms with Gasteiger partial charge < -0.3 is 5.32 Å². The standard InChI is InChI=1S/C13H10Br2N2O/c1-8-2-4-10(15)12(6-8)17-13(18)11-5-3-9(14)7-16-11/h2-7H,1H3,(H,17,18). The van der Waals surface area contributed by atoms with Crippen molar-refractivity contribution in [3.8, 4) is 0 Å². The summed E-state index contributed by atoms with van der Waals surface area (Å²) in [6, 6.07) is 9.23. The van der Waals surface area contributed by atoms with Crippen molar-refractivity contribution in [2.75, 3.05) is 5.32 Å². The van der Waals surface area contributed by atoms with Crippen LogP contribution in [-0.2, 0) is 0 Å². The minimum absolute atomic E-state index is 0.228. The monoisotopic (exact) mass is 368 g/mol. The highest BCUT2D eigenvalue weighted by Gasteiger charge is 2.09. The number of rotatable bonds is 2. The molecular formula is C13H10Br2N2O. The summed E-state index contributed by atoms with van der Waals surface area (Å²) in [6.45, 7) is 1.97. The summed E-state index contributed by atoms with van der Waals surface area (Å²) in [6.07, 6.45) is 1.60. The van der Waals surface area contributed by atoms with Crippen LogP contribution in [0.4, 0.5) is 5.69 Å². The number of halogens is 2. The Labute approximate surface area is 122 Å². The van der Waals surface area contributed by atoms with Crippen molar-refractivity contribution in [1.82, 2.24) is 4.98 Å². The van der Waals surface area contributed by atoms with Crippen LogP contribution in [0.1, 0.15) is 16.1 Å². The molecule has 18 heavy (non-hydrogen) atoms. The lowest BCUT2D eigenvalue weighted by atomic mass is 10.2. The molecule has 1 aromatic heterocycles. The largest absolute Gasteiger partial charge is 0.320 e. The van der Waals surface area contributed by atoms with Gasteiger partial charge in [-0.15, -0.1) is 0 Å². The third-order valence-electron chi connectivity index (χ3n) is 2.33. The number of anilines is 1. The van der Waals surface area contributed by atoms with Crippen molar-refractivity contribution in [2.24, 2.45) is 0 Å². The van der Waals surface area contributed by atoms with Gasteiger partial charge in [0.15, 0.2) is 0 Å². The summed E-state index contributed by atoms with van der Waals surface area (Å²) in [5.74, 6) is -0.228. The fourth-order valence-electron chi connectivity index (χ4n) is 1.43. The van der Waals surface area contributed by atoms with Crippen LogP contribution < -0.4 is 5.32 Å². The maximum absolute atomic E-state index is 12.0. The molecule has 1 amide bonds. The van der Waals surface area contributed by atoms with Crippen molar-refractivity contribution < 1.29 is 4.79 Å². The predicted molar refractivity (Wildman–Crippen MR) is 78.8 cm³/mol. The summed E-state index contributed by atoms with van der Waals surface area (Å²) in [4.78, 5) is 16.0. The van der Waals surface area contributed by atoms with Gasteiger partial charge in [-0.05, 0) is 68.6 Å². The van der Waals surface area contributed by atoms with Crippen molar-refractivity contribution in [3.05, 3.63) is 56.7 Å². The number of carbonyl (C=O) groups is 1. The number of hydrogen-bond acceptors (Lipinski definition) is 2. The Bertz CT molecular complexity index is 582. The molecule has 0 saturated heterocycles. The summed E-state index contributed by atoms with van der Waals surface area (Å²) < 4.78 is 1.69. The van der Waals surface area contributed by atoms with Crippen LogP contribution >= 0.6 is 31.9 Å². The molecule has 0 bridgehead atoms. The minimum Gasteiger partial charge on any atom is -0.320 e. The molecule has 0 saturated carbocycles. The van der Waals surface area contributed by atoms with Crippen LogP contribution in [0.3, 0.4) is 0 Å². The number of nitrogens with one attached hydrogen (secondary N) is 1. The van der Waals surface area contributed by atoms with Gasteiger partial charge in [-0.2, -0.15) is 0 Å². The molecule has 0 aliphatic heterocycles. The van der Waals surface area contributed by atoms with Crippen LogP contribution in [-0.4, -0.2) is 10.9 Å². The van der Waals surface area contributed by atoms with Crippen molar-refractivity contribution >= 4 is 43.5 Å². The van der Waals surface area contributed by atoms with E-state index in [1.165, 1.54) is 0 Å². The molecule has 0 aliphatic rings. The molecule has 1 N–H and O–H groups in total. The average molecular weight is 370 g/mol. The topological polar surface area (TPSA) is 42.0 Å². The van der Waals surface area contributed by atoms with Crippen molar-refractivity contribution in [3.63, 3.8) is 0 Å². The molecule has 0 radical (unpaired) electrons. The number of nitrogens with zero attached hydrogens (tertiary/aromatic N) is 1. The number of pyridine rings is 1. The Morgan fingerprint density at radius 2 is 2.00 bits per heavy atom. The fraction of sp³-hybridized carbons (Fsp3) is 0.0769. The zero-order chi connectivity index (χ0) is 13.1. The zero-order valence-corrected chi connectivity index (χ0v) is 12.7. The maximum atomic E-state index is 12.0. The van der Waals surface area contributed by atoms with E-state index in [4.69, 9.17) is 0 Å². The molecule has 1 aromatic carbocycles. The van der Waals surface area contributed by atoms with E-state index < -0.39 is 0 Å². The molecule has 0 spiro atoms. The Balaban J connectivity index is 2.21. The van der Waals surface area contributed by atoms with Gasteiger partial charge in [0.2, 0.25) is 0 Å². The molecule has 0 atom stereocenters. The van der Waals surface area contributed by atoms with E-state index in [9.17, 15) is 4.79 Å². The quantitative estimate of drug-likeness (QED) is 0.863. The van der Waals surface area contributed by atoms with E-state index in [0.29, 0.717) is 5.69 Å². The van der Waals surface area contributed by atoms with Crippen LogP contribution in [0.5, 0.6) is 0 Å². The number of amides is 1. The first-order chi connectivity index (χ1) is 8.56. The Morgan fingerprint density at radius 1 is 1.22 bits per heavy atom. The first-order valence-electron chi connectivity index (χ1n) is 5.25. The van der Waals surface area contributed by atoms with Gasteiger partial charge in [0.05, 0.1) is 5.69 Å². The molecule has 0 fully saturated rings. The second-order valence-corrected chi connectivity index (χ2v) is 5.57. The molecule has 5 heteroatoms. The normalized spacial score (nSPS) is 10.2. The van der Waals surface area contributed by atoms with Crippen LogP contribution in [0.2, 0.25) is 0 Å². The minimum atomic E-state index is -0.228. The third kappa shape index (κ3) is 3.17. The average Bonchev–Trinajstić information content (AvgIpc) is 2.34. The summed E-state index contributed by atoms with van der Waals surface area (Å²) in [5.41, 5.74) is 2.20. The summed E-state index contributed by atoms with van der Waals surface area (Å²) >= 11 is 6.68. The van der Waals surface area contributed by atoms with Gasteiger partial charge in [-0.1, -0.05) is 6.07 Å². The van der Waals surface area contributed by atoms with Crippen molar-refractivity contribution in [1.29, 1.82) is 0 Å². The molecule has 0 aliphatic carbocycles. The zero-order valence-electron chi connectivity index (χ0n) is 9.58. The van der Waals surface area contributed by atoms with Gasteiger partial charge in [0.25, 0.3) is 5.91 Å². The lowest BCUT2D eigenvalue weighted by Gasteiger charge is -2.07. The Kier molecular flexibility index (Phi) is 4.14. The highest BCUT2D eigenvalue weighted by atomic mass is 79.9. The Morgan fingerprint density at radius 3 is 2.67 bits per heavy atom. The molecule has 1 heterocycles. The van der Waals surface area contributed by atoms with Gasteiger partial charge in [-0.3, -0.25) is 4.79 Å². The maximum Gasteiger partial charge on any atom is 0.274 e. The van der Waals surface area contributed by atoms with E-state index in [1.54, 1.807) is 18.3 Å². The molecule has 2 rings (SSSR count). The van der Waals surface area contributed by atoms with Crippen LogP contribution in [0.25, 0.3) is 0 Å². The van der Waals surface area contributed by atoms with Crippen molar-refractivity contribution in [2.45, 2.75) is 6.92 Å². The van der Waals surface area contributed by atoms with E-state index in [2.05, 4.69) is 42.2 Å². The van der Waals surface area contributed by atoms with E-state index in [0.717, 1.165) is 20.2 Å². The summed E-state index contributed by atoms with van der Waals surface area (Å²) in [7, 11) is 0. The van der Waals surface area contributed by atoms with Gasteiger partial charge >= 0.3 is 0 Å².